The first-order chi connectivity index (χ1) is 24.6. The first kappa shape index (κ1) is 29.9. The SMILES string of the molecule is Cn1c2ccccc2c2ccc3c(ccc4ccc5sc6ccccc6c5c43)c21.N=C(c1cccc(-c2ccccc2)c1)c1ccccc1N. The number of nitrogens with two attached hydrogens (primary N) is 1. The van der Waals surface area contributed by atoms with Crippen molar-refractivity contribution in [3.8, 4) is 11.1 Å². The van der Waals surface area contributed by atoms with Crippen molar-refractivity contribution in [2.45, 2.75) is 0 Å². The van der Waals surface area contributed by atoms with Gasteiger partial charge in [0.2, 0.25) is 0 Å². The van der Waals surface area contributed by atoms with E-state index in [1.54, 1.807) is 0 Å². The molecule has 10 rings (SSSR count). The number of rotatable bonds is 3. The number of nitrogens with one attached hydrogen (secondary N) is 1. The lowest BCUT2D eigenvalue weighted by Gasteiger charge is -2.09. The zero-order valence-corrected chi connectivity index (χ0v) is 28.3. The molecular weight excluding hydrogens is 627 g/mol. The van der Waals surface area contributed by atoms with Crippen molar-refractivity contribution in [3.63, 3.8) is 0 Å². The molecule has 0 spiro atoms. The van der Waals surface area contributed by atoms with E-state index in [0.717, 1.165) is 22.3 Å². The first-order valence-corrected chi connectivity index (χ1v) is 17.6. The van der Waals surface area contributed by atoms with Gasteiger partial charge in [-0.2, -0.15) is 0 Å². The van der Waals surface area contributed by atoms with Crippen molar-refractivity contribution in [2.24, 2.45) is 7.05 Å². The molecule has 0 aliphatic heterocycles. The fourth-order valence-electron chi connectivity index (χ4n) is 7.49. The lowest BCUT2D eigenvalue weighted by molar-refractivity contribution is 1.02. The number of hydrogen-bond donors (Lipinski definition) is 2. The number of para-hydroxylation sites is 2. The molecule has 3 nitrogen and oxygen atoms in total. The zero-order valence-electron chi connectivity index (χ0n) is 27.5. The number of anilines is 1. The predicted molar refractivity (Wildman–Crippen MR) is 217 cm³/mol. The standard InChI is InChI=1S/C27H17NS.C19H16N2/c1-28-22-8-4-2-6-17(22)19-14-13-18-20(27(19)28)12-10-16-11-15-24-26(25(16)18)21-7-3-5-9-23(21)29-24;20-18-12-5-4-11-17(18)19(21)16-10-6-9-15(13-16)14-7-2-1-3-8-14/h2-15H,1H3;1-13,21H,20H2. The third-order valence-electron chi connectivity index (χ3n) is 9.87. The quantitative estimate of drug-likeness (QED) is 0.111. The minimum absolute atomic E-state index is 0.450. The van der Waals surface area contributed by atoms with Crippen LogP contribution in [0, 0.1) is 5.41 Å². The van der Waals surface area contributed by atoms with Gasteiger partial charge in [-0.25, -0.2) is 0 Å². The highest BCUT2D eigenvalue weighted by molar-refractivity contribution is 7.26. The monoisotopic (exact) mass is 659 g/mol. The minimum Gasteiger partial charge on any atom is -0.398 e. The van der Waals surface area contributed by atoms with Crippen LogP contribution in [0.2, 0.25) is 0 Å². The molecule has 0 saturated carbocycles. The van der Waals surface area contributed by atoms with E-state index in [4.69, 9.17) is 11.1 Å². The Kier molecular flexibility index (Phi) is 7.19. The van der Waals surface area contributed by atoms with Gasteiger partial charge in [0.25, 0.3) is 0 Å². The summed E-state index contributed by atoms with van der Waals surface area (Å²) in [4.78, 5) is 0. The minimum atomic E-state index is 0.450. The number of nitrogen functional groups attached to an aromatic ring is 1. The van der Waals surface area contributed by atoms with E-state index in [2.05, 4.69) is 115 Å². The highest BCUT2D eigenvalue weighted by Gasteiger charge is 2.15. The predicted octanol–water partition coefficient (Wildman–Crippen LogP) is 12.4. The summed E-state index contributed by atoms with van der Waals surface area (Å²) >= 11 is 1.89. The van der Waals surface area contributed by atoms with Crippen LogP contribution in [0.3, 0.4) is 0 Å². The molecule has 50 heavy (non-hydrogen) atoms. The Hall–Kier alpha value is -6.23. The second-order valence-corrected chi connectivity index (χ2v) is 13.8. The Labute approximate surface area is 294 Å². The Morgan fingerprint density at radius 2 is 1.20 bits per heavy atom. The van der Waals surface area contributed by atoms with Crippen molar-refractivity contribution in [2.75, 3.05) is 5.73 Å². The molecule has 2 heterocycles. The average molecular weight is 660 g/mol. The molecule has 0 radical (unpaired) electrons. The highest BCUT2D eigenvalue weighted by Crippen LogP contribution is 2.43. The van der Waals surface area contributed by atoms with Gasteiger partial charge in [-0.15, -0.1) is 11.3 Å². The Morgan fingerprint density at radius 3 is 2.06 bits per heavy atom. The maximum absolute atomic E-state index is 8.39. The normalized spacial score (nSPS) is 11.5. The Bertz CT molecular complexity index is 2910. The van der Waals surface area contributed by atoms with Crippen LogP contribution >= 0.6 is 11.3 Å². The van der Waals surface area contributed by atoms with E-state index < -0.39 is 0 Å². The molecule has 0 atom stereocenters. The number of fused-ring (bicyclic) bond motifs is 11. The molecule has 10 aromatic rings. The van der Waals surface area contributed by atoms with Crippen molar-refractivity contribution in [1.82, 2.24) is 4.57 Å². The lowest BCUT2D eigenvalue weighted by atomic mass is 9.96. The van der Waals surface area contributed by atoms with Crippen molar-refractivity contribution in [1.29, 1.82) is 5.41 Å². The molecule has 0 aliphatic carbocycles. The van der Waals surface area contributed by atoms with Gasteiger partial charge in [0.1, 0.15) is 0 Å². The maximum atomic E-state index is 8.39. The smallest absolute Gasteiger partial charge is 0.0705 e. The summed E-state index contributed by atoms with van der Waals surface area (Å²) in [6.07, 6.45) is 0. The van der Waals surface area contributed by atoms with E-state index in [-0.39, 0.29) is 0 Å². The summed E-state index contributed by atoms with van der Waals surface area (Å²) in [5.74, 6) is 0. The van der Waals surface area contributed by atoms with Gasteiger partial charge in [-0.1, -0.05) is 133 Å². The summed E-state index contributed by atoms with van der Waals surface area (Å²) in [5, 5.41) is 19.2. The largest absolute Gasteiger partial charge is 0.398 e. The Morgan fingerprint density at radius 1 is 0.540 bits per heavy atom. The lowest BCUT2D eigenvalue weighted by Crippen LogP contribution is -2.05. The summed E-state index contributed by atoms with van der Waals surface area (Å²) in [6, 6.07) is 57.0. The van der Waals surface area contributed by atoms with E-state index in [1.165, 1.54) is 63.5 Å². The molecular formula is C46H33N3S. The second-order valence-electron chi connectivity index (χ2n) is 12.7. The fourth-order valence-corrected chi connectivity index (χ4v) is 8.60. The summed E-state index contributed by atoms with van der Waals surface area (Å²) in [7, 11) is 2.19. The summed E-state index contributed by atoms with van der Waals surface area (Å²) in [6.45, 7) is 0. The van der Waals surface area contributed by atoms with Gasteiger partial charge in [-0.3, -0.25) is 5.41 Å². The zero-order chi connectivity index (χ0) is 33.8. The highest BCUT2D eigenvalue weighted by atomic mass is 32.1. The first-order valence-electron chi connectivity index (χ1n) is 16.8. The van der Waals surface area contributed by atoms with Crippen molar-refractivity contribution < 1.29 is 0 Å². The maximum Gasteiger partial charge on any atom is 0.0705 e. The van der Waals surface area contributed by atoms with Crippen LogP contribution in [0.4, 0.5) is 5.69 Å². The molecule has 0 aliphatic rings. The van der Waals surface area contributed by atoms with Crippen LogP contribution < -0.4 is 5.73 Å². The summed E-state index contributed by atoms with van der Waals surface area (Å²) in [5.41, 5.74) is 13.5. The third-order valence-corrected chi connectivity index (χ3v) is 11.0. The van der Waals surface area contributed by atoms with Crippen LogP contribution in [0.25, 0.3) is 74.6 Å². The molecule has 3 N–H and O–H groups in total. The van der Waals surface area contributed by atoms with Gasteiger partial charge in [0.05, 0.1) is 11.2 Å². The van der Waals surface area contributed by atoms with Crippen LogP contribution in [-0.2, 0) is 7.05 Å². The molecule has 0 bridgehead atoms. The van der Waals surface area contributed by atoms with Crippen molar-refractivity contribution in [3.05, 3.63) is 175 Å². The van der Waals surface area contributed by atoms with E-state index in [0.29, 0.717) is 11.4 Å². The van der Waals surface area contributed by atoms with E-state index >= 15 is 0 Å². The third kappa shape index (κ3) is 4.84. The Balaban J connectivity index is 0.000000143. The number of nitrogens with zero attached hydrogens (tertiary/aromatic N) is 1. The average Bonchev–Trinajstić information content (AvgIpc) is 3.70. The number of aryl methyl sites for hydroxylation is 1. The van der Waals surface area contributed by atoms with Crippen LogP contribution in [-0.4, -0.2) is 10.3 Å². The number of aromatic nitrogens is 1. The van der Waals surface area contributed by atoms with Crippen LogP contribution in [0.15, 0.2) is 164 Å². The molecule has 8 aromatic carbocycles. The van der Waals surface area contributed by atoms with Crippen molar-refractivity contribution >= 4 is 86.3 Å². The van der Waals surface area contributed by atoms with E-state index in [9.17, 15) is 0 Å². The number of thiophene rings is 1. The van der Waals surface area contributed by atoms with Gasteiger partial charge >= 0.3 is 0 Å². The molecule has 4 heteroatoms. The number of hydrogen-bond acceptors (Lipinski definition) is 3. The second kappa shape index (κ2) is 12.0. The van der Waals surface area contributed by atoms with Gasteiger partial charge in [0.15, 0.2) is 0 Å². The van der Waals surface area contributed by atoms with E-state index in [1.807, 2.05) is 72.0 Å². The molecule has 238 valence electrons. The van der Waals surface area contributed by atoms with Crippen LogP contribution in [0.5, 0.6) is 0 Å². The molecule has 2 aromatic heterocycles. The number of benzene rings is 8. The van der Waals surface area contributed by atoms with Crippen LogP contribution in [0.1, 0.15) is 11.1 Å². The summed E-state index contributed by atoms with van der Waals surface area (Å²) < 4.78 is 5.08. The topological polar surface area (TPSA) is 54.8 Å². The molecule has 0 saturated heterocycles. The van der Waals surface area contributed by atoms with Gasteiger partial charge < -0.3 is 10.3 Å². The fraction of sp³-hybridized carbons (Fsp3) is 0.0217. The molecule has 0 fully saturated rings. The van der Waals surface area contributed by atoms with Gasteiger partial charge in [0, 0.05) is 65.7 Å². The van der Waals surface area contributed by atoms with Gasteiger partial charge in [-0.05, 0) is 57.6 Å². The molecule has 0 unspecified atom stereocenters. The molecule has 0 amide bonds.